The molecule has 24 nitrogen and oxygen atoms in total. The number of benzene rings is 1. The van der Waals surface area contributed by atoms with Gasteiger partial charge in [-0.15, -0.1) is 0 Å². The van der Waals surface area contributed by atoms with Crippen molar-refractivity contribution < 1.29 is 66.5 Å². The first-order valence-corrected chi connectivity index (χ1v) is 28.8. The number of carbonyl (C=O) groups is 9. The van der Waals surface area contributed by atoms with E-state index in [1.165, 1.54) is 19.9 Å². The fourth-order valence-electron chi connectivity index (χ4n) is 9.33. The Bertz CT molecular complexity index is 3050. The van der Waals surface area contributed by atoms with Gasteiger partial charge in [0.1, 0.15) is 12.4 Å². The van der Waals surface area contributed by atoms with Gasteiger partial charge in [-0.05, 0) is 89.2 Å². The first-order valence-electron chi connectivity index (χ1n) is 26.1. The fraction of sp³-hybridized carbons (Fsp3) is 0.537. The van der Waals surface area contributed by atoms with E-state index in [2.05, 4.69) is 51.1 Å². The molecule has 80 heavy (non-hydrogen) atoms. The number of methoxy groups -OCH3 is 1. The van der Waals surface area contributed by atoms with Gasteiger partial charge in [-0.2, -0.15) is 0 Å². The minimum absolute atomic E-state index is 0.133. The van der Waals surface area contributed by atoms with Crippen LogP contribution in [0.4, 0.5) is 4.39 Å². The van der Waals surface area contributed by atoms with Crippen LogP contribution < -0.4 is 42.8 Å². The third-order valence-corrected chi connectivity index (χ3v) is 15.7. The molecule has 3 atom stereocenters. The fourth-order valence-corrected chi connectivity index (χ4v) is 10.5. The van der Waals surface area contributed by atoms with Gasteiger partial charge in [-0.1, -0.05) is 6.92 Å². The maximum absolute atomic E-state index is 15.4. The van der Waals surface area contributed by atoms with Crippen molar-refractivity contribution in [3.63, 3.8) is 0 Å². The minimum atomic E-state index is -1.50. The van der Waals surface area contributed by atoms with Crippen LogP contribution in [0.5, 0.6) is 0 Å². The number of imide groups is 1. The number of pyridine rings is 2. The van der Waals surface area contributed by atoms with Crippen LogP contribution in [0.25, 0.3) is 22.3 Å². The number of likely N-dealkylation sites (N-methyl/N-ethyl adjacent to an activating group) is 1. The average molecular weight is 1310 g/mol. The number of amides is 8. The number of rotatable bonds is 23. The number of esters is 1. The third kappa shape index (κ3) is 14.9. The summed E-state index contributed by atoms with van der Waals surface area (Å²) in [6.45, 7) is 13.6. The zero-order valence-electron chi connectivity index (χ0n) is 46.7. The van der Waals surface area contributed by atoms with E-state index in [9.17, 15) is 47.9 Å². The van der Waals surface area contributed by atoms with Crippen molar-refractivity contribution in [3.8, 4) is 11.4 Å². The van der Waals surface area contributed by atoms with E-state index in [-0.39, 0.29) is 33.9 Å². The first kappa shape index (κ1) is 62.6. The number of nitrogens with zero attached hydrogens (tertiary/aromatic N) is 3. The van der Waals surface area contributed by atoms with E-state index in [4.69, 9.17) is 23.9 Å². The zero-order chi connectivity index (χ0) is 59.0. The molecule has 7 rings (SSSR count). The van der Waals surface area contributed by atoms with E-state index in [0.717, 1.165) is 24.3 Å². The molecule has 3 aliphatic heterocycles. The smallest absolute Gasteiger partial charge is 0.376 e. The predicted octanol–water partition coefficient (Wildman–Crippen LogP) is 0.167. The van der Waals surface area contributed by atoms with Gasteiger partial charge in [0, 0.05) is 42.8 Å². The van der Waals surface area contributed by atoms with Gasteiger partial charge < -0.3 is 24.1 Å². The number of hydrogen-bond donors (Lipinski definition) is 7. The molecular weight excluding hydrogens is 1240 g/mol. The van der Waals surface area contributed by atoms with E-state index in [1.54, 1.807) is 24.7 Å². The van der Waals surface area contributed by atoms with Crippen LogP contribution in [0.2, 0.25) is 3.98 Å². The summed E-state index contributed by atoms with van der Waals surface area (Å²) >= 11 is 0.484. The van der Waals surface area contributed by atoms with Gasteiger partial charge in [-0.3, -0.25) is 19.2 Å². The Hall–Kier alpha value is -6.56. The van der Waals surface area contributed by atoms with Crippen molar-refractivity contribution in [2.75, 3.05) is 60.2 Å². The predicted molar refractivity (Wildman–Crippen MR) is 288 cm³/mol. The molecule has 3 aromatic rings. The van der Waals surface area contributed by atoms with Crippen LogP contribution in [0.3, 0.4) is 0 Å². The Morgan fingerprint density at radius 2 is 1.51 bits per heavy atom. The number of ether oxygens (including phenoxy) is 4. The topological polar surface area (TPSA) is 313 Å². The number of aromatic nitrogens is 2. The number of fused-ring (bicyclic) bond motifs is 5. The number of carbonyl (C=O) groups excluding carboxylic acids is 9. The molecule has 431 valence electrons. The van der Waals surface area contributed by atoms with Gasteiger partial charge >= 0.3 is 200 Å². The Labute approximate surface area is 477 Å². The van der Waals surface area contributed by atoms with Crippen LogP contribution in [0, 0.1) is 12.7 Å². The van der Waals surface area contributed by atoms with Gasteiger partial charge in [0.15, 0.2) is 0 Å². The van der Waals surface area contributed by atoms with Crippen molar-refractivity contribution in [1.82, 2.24) is 51.7 Å². The number of cyclic esters (lactones) is 1. The van der Waals surface area contributed by atoms with E-state index in [0.29, 0.717) is 107 Å². The standard InChI is InChI=1S/C44H47FN9O12.C10H23NO2.Pb/c1-6-22-24-11-30-39-25(16-53(30)41(62)26(24)18-65-42(22)63)38-28(8-7-23-20(2)27(45)12-29(51-39)37(23)38)52-43(64)44(4,5)66-19-49-32(56)14-48-40(61)21(3)50-33(57)15-46-31(55)13-47-34(58)17-54-35(59)9-10-36(54)60;1-9(2,7-11-5)13-8-10(3,4)12-6;/h9-12,21-22,28H,3,6-8,13-19H2,1-2,4-5H3,(H,46,55)(H,47,58)(H,48,61)(H,49,56)(H,50,57)(H,52,64);11H,7-8H2,1-6H3;. The molecule has 0 spiro atoms. The van der Waals surface area contributed by atoms with Crippen molar-refractivity contribution in [1.29, 1.82) is 0 Å². The number of nitrogens with one attached hydrogen (secondary N) is 7. The van der Waals surface area contributed by atoms with E-state index in [1.807, 2.05) is 27.8 Å². The Balaban J connectivity index is 0.000000704. The molecule has 1 aromatic carbocycles. The summed E-state index contributed by atoms with van der Waals surface area (Å²) in [6, 6.07) is 1.54. The van der Waals surface area contributed by atoms with Crippen LogP contribution in [-0.2, 0) is 81.7 Å². The first-order chi connectivity index (χ1) is 37.7. The summed E-state index contributed by atoms with van der Waals surface area (Å²) in [4.78, 5) is 132. The molecule has 0 saturated carbocycles. The summed E-state index contributed by atoms with van der Waals surface area (Å²) in [5.41, 5.74) is 2.79. The summed E-state index contributed by atoms with van der Waals surface area (Å²) in [6.07, 6.45) is 3.28. The summed E-state index contributed by atoms with van der Waals surface area (Å²) < 4.78 is 39.4. The van der Waals surface area contributed by atoms with Crippen molar-refractivity contribution in [3.05, 3.63) is 73.8 Å². The van der Waals surface area contributed by atoms with Gasteiger partial charge in [-0.25, -0.2) is 9.37 Å². The normalized spacial score (nSPS) is 16.6. The second-order valence-electron chi connectivity index (χ2n) is 21.3. The second-order valence-corrected chi connectivity index (χ2v) is 22.9. The molecule has 1 aliphatic carbocycles. The second kappa shape index (κ2) is 26.4. The van der Waals surface area contributed by atoms with Crippen LogP contribution in [0.15, 0.2) is 29.1 Å². The molecule has 0 saturated heterocycles. The number of hydrogen-bond acceptors (Lipinski definition) is 16. The molecule has 8 amide bonds. The quantitative estimate of drug-likeness (QED) is 0.0225. The van der Waals surface area contributed by atoms with Crippen LogP contribution in [-0.4, -0.2) is 177 Å². The van der Waals surface area contributed by atoms with Crippen molar-refractivity contribution >= 4 is 89.9 Å². The maximum atomic E-state index is 15.4. The molecule has 5 heterocycles. The van der Waals surface area contributed by atoms with Crippen molar-refractivity contribution in [2.24, 2.45) is 0 Å². The number of halogens is 1. The molecule has 3 radical (unpaired) electrons. The Morgan fingerprint density at radius 3 is 2.16 bits per heavy atom. The Kier molecular flexibility index (Phi) is 20.6. The zero-order valence-corrected chi connectivity index (χ0v) is 50.6. The molecule has 7 N–H and O–H groups in total. The number of aryl methyl sites for hydroxylation is 1. The summed E-state index contributed by atoms with van der Waals surface area (Å²) in [7, 11) is 3.63. The van der Waals surface area contributed by atoms with E-state index < -0.39 is 116 Å². The Morgan fingerprint density at radius 1 is 0.863 bits per heavy atom. The van der Waals surface area contributed by atoms with Gasteiger partial charge in [0.05, 0.1) is 58.8 Å². The SMILES string of the molecule is CCC1C(=O)OCc2c1cc1n(c2=O)Cc2c-1nc1cc(F)c(C)c3c1c2C(NC(=O)C(C)(C)OCNC(=O)CNC(=O)C([CH2][Pb])NC(=O)CNC(=O)CNC(=O)CN1C(=O)C=CC1=O)CC3.CNCC(C)(C)OCC(C)(C)OC. The monoisotopic (exact) mass is 1310 g/mol. The molecule has 4 aliphatic rings. The molecular formula is C54H70FN10O14Pb. The average Bonchev–Trinajstić information content (AvgIpc) is 3.99. The molecule has 2 aromatic heterocycles. The van der Waals surface area contributed by atoms with Crippen LogP contribution >= 0.6 is 0 Å². The summed E-state index contributed by atoms with van der Waals surface area (Å²) in [5, 5.41) is 18.8. The van der Waals surface area contributed by atoms with E-state index >= 15 is 4.39 Å². The van der Waals surface area contributed by atoms with Gasteiger partial charge in [0.25, 0.3) is 17.4 Å². The third-order valence-electron chi connectivity index (χ3n) is 14.1. The molecule has 3 unspecified atom stereocenters. The van der Waals surface area contributed by atoms with Gasteiger partial charge in [0.2, 0.25) is 0 Å². The molecule has 0 fully saturated rings. The molecule has 26 heteroatoms. The van der Waals surface area contributed by atoms with Crippen LogP contribution in [0.1, 0.15) is 107 Å². The molecule has 0 bridgehead atoms. The minimum Gasteiger partial charge on any atom is -0.376 e. The summed E-state index contributed by atoms with van der Waals surface area (Å²) in [5.74, 6) is -6.86. The van der Waals surface area contributed by atoms with Crippen molar-refractivity contribution in [2.45, 2.75) is 127 Å².